The molecule has 14 heteroatoms. The largest absolute Gasteiger partial charge is 0.458 e. The molecule has 3 fully saturated rings. The lowest BCUT2D eigenvalue weighted by atomic mass is 9.78. The van der Waals surface area contributed by atoms with Crippen molar-refractivity contribution in [3.63, 3.8) is 0 Å². The summed E-state index contributed by atoms with van der Waals surface area (Å²) in [7, 11) is 3.76. The van der Waals surface area contributed by atoms with Gasteiger partial charge >= 0.3 is 12.1 Å². The lowest BCUT2D eigenvalue weighted by molar-refractivity contribution is -0.296. The average Bonchev–Trinajstić information content (AvgIpc) is 3.80. The fraction of sp³-hybridized carbons (Fsp3) is 0.694. The molecule has 1 unspecified atom stereocenters. The number of amides is 1. The summed E-state index contributed by atoms with van der Waals surface area (Å²) in [5.74, 6) is -4.07. The first-order valence-corrected chi connectivity index (χ1v) is 23.0. The molecular formula is C49H74N4O10. The number of para-hydroxylation sites is 1. The Labute approximate surface area is 375 Å². The maximum atomic E-state index is 14.7. The van der Waals surface area contributed by atoms with Crippen molar-refractivity contribution in [2.45, 2.75) is 161 Å². The standard InChI is InChI=1S/C49H74N4O10/c1-13-41(49(10)35(8)53(47(58)63-49)29-38-21-17-23-52(38)14-2)61-45(57)33(6)42(55)32(5)44(62-46-43(56)40(51(11)12)25-31(4)60-46)48(9,27-30(3)34(7)54)59-24-18-19-36-26-37-20-15-16-22-39(37)50-28-36/h15-16,18-20,22,26,28,30-33,35,38,40-41,43-44,46,56H,13-14,17,21,23-25,27,29H2,1-12H3/b19-18+/t30-,31-,32+,33-,35-,38-,40+,41-,43-,44-,46+,48?,49+/m1/s1. The number of Topliss-reactive ketones (excluding diaryl/α,β-unsaturated/α-hetero) is 2. The molecule has 3 aliphatic heterocycles. The van der Waals surface area contributed by atoms with E-state index in [1.54, 1.807) is 38.8 Å². The maximum Gasteiger partial charge on any atom is 0.410 e. The summed E-state index contributed by atoms with van der Waals surface area (Å²) in [5.41, 5.74) is -0.715. The van der Waals surface area contributed by atoms with Crippen molar-refractivity contribution in [1.29, 1.82) is 0 Å². The van der Waals surface area contributed by atoms with Crippen molar-refractivity contribution >= 4 is 40.6 Å². The van der Waals surface area contributed by atoms with Crippen molar-refractivity contribution < 1.29 is 48.0 Å². The summed E-state index contributed by atoms with van der Waals surface area (Å²) in [6, 6.07) is 9.40. The SMILES string of the molecule is CC[C@@H](OC(=O)[C@H](C)C(=O)[C@H](C)[C@@H](O[C@@H]1O[C@H](C)C[C@H](N(C)C)[C@H]1O)C(C)(C[C@@H](C)C(C)=O)OC/C=C/c1cnc2ccccc2c1)[C@@]1(C)OC(=O)N(C[C@H]2CCCN2CC)[C@@H]1C. The smallest absolute Gasteiger partial charge is 0.410 e. The summed E-state index contributed by atoms with van der Waals surface area (Å²) in [6.07, 6.45) is 3.76. The number of nitrogens with zero attached hydrogens (tertiary/aromatic N) is 4. The minimum atomic E-state index is -1.31. The van der Waals surface area contributed by atoms with Gasteiger partial charge in [-0.05, 0) is 119 Å². The Balaban J connectivity index is 1.40. The molecule has 350 valence electrons. The third kappa shape index (κ3) is 11.5. The van der Waals surface area contributed by atoms with Gasteiger partial charge in [-0.15, -0.1) is 0 Å². The lowest BCUT2D eigenvalue weighted by Gasteiger charge is -2.47. The molecule has 1 aromatic heterocycles. The second kappa shape index (κ2) is 21.5. The second-order valence-corrected chi connectivity index (χ2v) is 18.9. The number of rotatable bonds is 21. The van der Waals surface area contributed by atoms with Gasteiger partial charge in [0.05, 0.1) is 36.0 Å². The number of cyclic esters (lactones) is 1. The van der Waals surface area contributed by atoms with Crippen LogP contribution in [-0.4, -0.2) is 149 Å². The van der Waals surface area contributed by atoms with Crippen molar-refractivity contribution in [2.75, 3.05) is 40.3 Å². The van der Waals surface area contributed by atoms with Crippen LogP contribution in [0.25, 0.3) is 17.0 Å². The summed E-state index contributed by atoms with van der Waals surface area (Å²) in [5, 5.41) is 12.6. The van der Waals surface area contributed by atoms with Crippen LogP contribution in [0.3, 0.4) is 0 Å². The number of aromatic nitrogens is 1. The molecular weight excluding hydrogens is 805 g/mol. The zero-order valence-corrected chi connectivity index (χ0v) is 39.7. The molecule has 2 aromatic rings. The normalized spacial score (nSPS) is 29.0. The van der Waals surface area contributed by atoms with Crippen LogP contribution in [0.1, 0.15) is 107 Å². The van der Waals surface area contributed by atoms with Gasteiger partial charge in [0, 0.05) is 42.0 Å². The van der Waals surface area contributed by atoms with Crippen LogP contribution in [0.15, 0.2) is 42.6 Å². The Hall–Kier alpha value is -3.79. The number of carbonyl (C=O) groups is 4. The van der Waals surface area contributed by atoms with Gasteiger partial charge in [0.15, 0.2) is 17.7 Å². The minimum Gasteiger partial charge on any atom is -0.458 e. The number of hydrogen-bond acceptors (Lipinski definition) is 13. The first-order valence-electron chi connectivity index (χ1n) is 23.0. The van der Waals surface area contributed by atoms with E-state index in [2.05, 4.69) is 16.8 Å². The predicted molar refractivity (Wildman–Crippen MR) is 242 cm³/mol. The number of likely N-dealkylation sites (N-methyl/N-ethyl adjacent to an activating group) is 2. The van der Waals surface area contributed by atoms with Crippen LogP contribution in [0, 0.1) is 17.8 Å². The third-order valence-electron chi connectivity index (χ3n) is 14.1. The Morgan fingerprint density at radius 2 is 1.86 bits per heavy atom. The quantitative estimate of drug-likeness (QED) is 0.105. The van der Waals surface area contributed by atoms with Gasteiger partial charge in [0.25, 0.3) is 0 Å². The van der Waals surface area contributed by atoms with Crippen molar-refractivity contribution in [2.24, 2.45) is 17.8 Å². The van der Waals surface area contributed by atoms with Crippen LogP contribution in [0.4, 0.5) is 4.79 Å². The number of fused-ring (bicyclic) bond motifs is 1. The molecule has 0 saturated carbocycles. The van der Waals surface area contributed by atoms with E-state index in [-0.39, 0.29) is 37.0 Å². The third-order valence-corrected chi connectivity index (χ3v) is 14.1. The Kier molecular flexibility index (Phi) is 17.1. The molecule has 3 saturated heterocycles. The molecule has 14 nitrogen and oxygen atoms in total. The number of ketones is 2. The fourth-order valence-corrected chi connectivity index (χ4v) is 9.82. The molecule has 0 bridgehead atoms. The number of aliphatic hydroxyl groups excluding tert-OH is 1. The highest BCUT2D eigenvalue weighted by atomic mass is 16.7. The minimum absolute atomic E-state index is 0.0713. The first kappa shape index (κ1) is 50.2. The van der Waals surface area contributed by atoms with Gasteiger partial charge in [-0.2, -0.15) is 0 Å². The van der Waals surface area contributed by atoms with Crippen LogP contribution < -0.4 is 0 Å². The number of benzene rings is 1. The zero-order chi connectivity index (χ0) is 46.4. The molecule has 1 aromatic carbocycles. The number of pyridine rings is 1. The molecule has 5 rings (SSSR count). The molecule has 0 spiro atoms. The van der Waals surface area contributed by atoms with E-state index in [1.807, 2.05) is 82.3 Å². The molecule has 0 aliphatic carbocycles. The van der Waals surface area contributed by atoms with E-state index in [4.69, 9.17) is 23.7 Å². The van der Waals surface area contributed by atoms with Crippen molar-refractivity contribution in [3.05, 3.63) is 48.2 Å². The zero-order valence-electron chi connectivity index (χ0n) is 39.7. The molecule has 63 heavy (non-hydrogen) atoms. The van der Waals surface area contributed by atoms with Crippen LogP contribution in [0.5, 0.6) is 0 Å². The van der Waals surface area contributed by atoms with E-state index in [0.29, 0.717) is 19.4 Å². The summed E-state index contributed by atoms with van der Waals surface area (Å²) < 4.78 is 31.9. The number of likely N-dealkylation sites (tertiary alicyclic amines) is 1. The molecule has 1 amide bonds. The van der Waals surface area contributed by atoms with Crippen LogP contribution in [0.2, 0.25) is 0 Å². The van der Waals surface area contributed by atoms with Gasteiger partial charge < -0.3 is 33.7 Å². The summed E-state index contributed by atoms with van der Waals surface area (Å²) >= 11 is 0. The van der Waals surface area contributed by atoms with E-state index in [0.717, 1.165) is 42.4 Å². The lowest BCUT2D eigenvalue weighted by Crippen LogP contribution is -2.59. The molecule has 1 N–H and O–H groups in total. The molecule has 3 aliphatic rings. The summed E-state index contributed by atoms with van der Waals surface area (Å²) in [6.45, 7) is 20.4. The number of hydrogen-bond donors (Lipinski definition) is 1. The molecule has 4 heterocycles. The van der Waals surface area contributed by atoms with Gasteiger partial charge in [-0.3, -0.25) is 29.2 Å². The first-order chi connectivity index (χ1) is 29.7. The average molecular weight is 879 g/mol. The van der Waals surface area contributed by atoms with Crippen LogP contribution in [-0.2, 0) is 38.1 Å². The highest BCUT2D eigenvalue weighted by Crippen LogP contribution is 2.39. The Bertz CT molecular complexity index is 1930. The van der Waals surface area contributed by atoms with Gasteiger partial charge in [-0.1, -0.05) is 58.0 Å². The topological polar surface area (TPSA) is 157 Å². The Morgan fingerprint density at radius 3 is 2.52 bits per heavy atom. The van der Waals surface area contributed by atoms with Gasteiger partial charge in [-0.25, -0.2) is 4.79 Å². The van der Waals surface area contributed by atoms with Crippen LogP contribution >= 0.6 is 0 Å². The number of ether oxygens (including phenoxy) is 5. The number of aliphatic hydroxyl groups is 1. The predicted octanol–water partition coefficient (Wildman–Crippen LogP) is 6.70. The maximum absolute atomic E-state index is 14.7. The highest BCUT2D eigenvalue weighted by molar-refractivity contribution is 6.00. The Morgan fingerprint density at radius 1 is 1.14 bits per heavy atom. The monoisotopic (exact) mass is 879 g/mol. The van der Waals surface area contributed by atoms with Gasteiger partial charge in [0.2, 0.25) is 0 Å². The molecule has 0 radical (unpaired) electrons. The van der Waals surface area contributed by atoms with E-state index >= 15 is 0 Å². The number of carbonyl (C=O) groups excluding carboxylic acids is 4. The van der Waals surface area contributed by atoms with Crippen molar-refractivity contribution in [1.82, 2.24) is 19.7 Å². The molecule has 13 atom stereocenters. The highest BCUT2D eigenvalue weighted by Gasteiger charge is 2.56. The van der Waals surface area contributed by atoms with E-state index in [1.165, 1.54) is 13.8 Å². The van der Waals surface area contributed by atoms with Gasteiger partial charge in [0.1, 0.15) is 23.9 Å². The number of esters is 1. The fourth-order valence-electron chi connectivity index (χ4n) is 9.82. The summed E-state index contributed by atoms with van der Waals surface area (Å²) in [4.78, 5) is 65.7. The van der Waals surface area contributed by atoms with Crippen molar-refractivity contribution in [3.8, 4) is 0 Å². The second-order valence-electron chi connectivity index (χ2n) is 18.9. The van der Waals surface area contributed by atoms with E-state index < -0.39 is 77.4 Å². The van der Waals surface area contributed by atoms with E-state index in [9.17, 15) is 24.3 Å².